The van der Waals surface area contributed by atoms with E-state index in [2.05, 4.69) is 205 Å². The van der Waals surface area contributed by atoms with Crippen LogP contribution in [-0.2, 0) is 0 Å². The number of rotatable bonds is 6. The Morgan fingerprint density at radius 1 is 0.245 bits per heavy atom. The Hall–Kier alpha value is -6.44. The van der Waals surface area contributed by atoms with Crippen LogP contribution in [0.3, 0.4) is 0 Å². The van der Waals surface area contributed by atoms with Crippen molar-refractivity contribution in [2.75, 3.05) is 4.90 Å². The van der Waals surface area contributed by atoms with Crippen LogP contribution < -0.4 is 4.90 Å². The van der Waals surface area contributed by atoms with Gasteiger partial charge in [0, 0.05) is 17.1 Å². The van der Waals surface area contributed by atoms with Crippen molar-refractivity contribution in [2.24, 2.45) is 0 Å². The summed E-state index contributed by atoms with van der Waals surface area (Å²) < 4.78 is 0. The van der Waals surface area contributed by atoms with Crippen molar-refractivity contribution in [1.29, 1.82) is 0 Å². The first kappa shape index (κ1) is 28.8. The molecule has 9 aromatic carbocycles. The highest BCUT2D eigenvalue weighted by Crippen LogP contribution is 2.38. The Morgan fingerprint density at radius 3 is 1.29 bits per heavy atom. The quantitative estimate of drug-likeness (QED) is 0.167. The summed E-state index contributed by atoms with van der Waals surface area (Å²) >= 11 is 0. The maximum Gasteiger partial charge on any atom is 0.0462 e. The van der Waals surface area contributed by atoms with Gasteiger partial charge in [0.1, 0.15) is 0 Å². The Bertz CT molecular complexity index is 2550. The summed E-state index contributed by atoms with van der Waals surface area (Å²) in [6.45, 7) is 0. The normalized spacial score (nSPS) is 11.3. The first-order valence-corrected chi connectivity index (χ1v) is 16.8. The average molecular weight is 624 g/mol. The fourth-order valence-electron chi connectivity index (χ4n) is 7.13. The van der Waals surface area contributed by atoms with E-state index in [9.17, 15) is 0 Å². The summed E-state index contributed by atoms with van der Waals surface area (Å²) in [4.78, 5) is 2.32. The van der Waals surface area contributed by atoms with E-state index < -0.39 is 0 Å². The molecule has 0 atom stereocenters. The summed E-state index contributed by atoms with van der Waals surface area (Å²) in [5.41, 5.74) is 10.6. The monoisotopic (exact) mass is 623 g/mol. The third-order valence-electron chi connectivity index (χ3n) is 9.65. The minimum absolute atomic E-state index is 1.12. The highest BCUT2D eigenvalue weighted by molar-refractivity contribution is 6.20. The predicted octanol–water partition coefficient (Wildman–Crippen LogP) is 13.6. The van der Waals surface area contributed by atoms with E-state index in [1.54, 1.807) is 0 Å². The number of nitrogens with zero attached hydrogens (tertiary/aromatic N) is 1. The van der Waals surface area contributed by atoms with Crippen molar-refractivity contribution >= 4 is 49.4 Å². The van der Waals surface area contributed by atoms with E-state index in [1.165, 1.54) is 65.7 Å². The lowest BCUT2D eigenvalue weighted by Gasteiger charge is -2.26. The van der Waals surface area contributed by atoms with Crippen molar-refractivity contribution in [1.82, 2.24) is 0 Å². The molecule has 0 amide bonds. The molecular weight excluding hydrogens is 591 g/mol. The van der Waals surface area contributed by atoms with Crippen molar-refractivity contribution in [2.45, 2.75) is 0 Å². The molecule has 0 saturated carbocycles. The molecule has 0 aliphatic rings. The molecule has 1 heteroatoms. The second kappa shape index (κ2) is 12.3. The van der Waals surface area contributed by atoms with Gasteiger partial charge in [-0.1, -0.05) is 158 Å². The molecule has 1 nitrogen and oxygen atoms in total. The third kappa shape index (κ3) is 5.42. The Morgan fingerprint density at radius 2 is 0.653 bits per heavy atom. The van der Waals surface area contributed by atoms with Crippen molar-refractivity contribution < 1.29 is 0 Å². The van der Waals surface area contributed by atoms with Crippen molar-refractivity contribution in [3.8, 4) is 33.4 Å². The van der Waals surface area contributed by atoms with E-state index in [-0.39, 0.29) is 0 Å². The van der Waals surface area contributed by atoms with Crippen LogP contribution in [0.25, 0.3) is 65.7 Å². The fourth-order valence-corrected chi connectivity index (χ4v) is 7.13. The largest absolute Gasteiger partial charge is 0.311 e. The number of anilines is 3. The lowest BCUT2D eigenvalue weighted by atomic mass is 9.94. The minimum atomic E-state index is 1.12. The van der Waals surface area contributed by atoms with E-state index in [1.807, 2.05) is 0 Å². The van der Waals surface area contributed by atoms with E-state index in [0.29, 0.717) is 0 Å². The molecular formula is C48H33N. The second-order valence-corrected chi connectivity index (χ2v) is 12.6. The van der Waals surface area contributed by atoms with Crippen LogP contribution in [-0.4, -0.2) is 0 Å². The van der Waals surface area contributed by atoms with Gasteiger partial charge in [-0.3, -0.25) is 0 Å². The van der Waals surface area contributed by atoms with Crippen molar-refractivity contribution in [3.63, 3.8) is 0 Å². The predicted molar refractivity (Wildman–Crippen MR) is 210 cm³/mol. The van der Waals surface area contributed by atoms with Gasteiger partial charge in [0.25, 0.3) is 0 Å². The average Bonchev–Trinajstić information content (AvgIpc) is 3.19. The minimum Gasteiger partial charge on any atom is -0.311 e. The summed E-state index contributed by atoms with van der Waals surface area (Å²) in [5.74, 6) is 0. The zero-order valence-electron chi connectivity index (χ0n) is 27.0. The van der Waals surface area contributed by atoms with Gasteiger partial charge >= 0.3 is 0 Å². The van der Waals surface area contributed by atoms with Gasteiger partial charge in [-0.25, -0.2) is 0 Å². The van der Waals surface area contributed by atoms with Gasteiger partial charge in [0.15, 0.2) is 0 Å². The van der Waals surface area contributed by atoms with Crippen LogP contribution in [0.2, 0.25) is 0 Å². The molecule has 0 heterocycles. The number of para-hydroxylation sites is 1. The molecule has 9 aromatic rings. The van der Waals surface area contributed by atoms with Crippen LogP contribution in [0.1, 0.15) is 0 Å². The Balaban J connectivity index is 1.03. The molecule has 0 aliphatic carbocycles. The summed E-state index contributed by atoms with van der Waals surface area (Å²) in [6, 6.07) is 72.3. The van der Waals surface area contributed by atoms with Crippen molar-refractivity contribution in [3.05, 3.63) is 200 Å². The second-order valence-electron chi connectivity index (χ2n) is 12.6. The zero-order chi connectivity index (χ0) is 32.6. The Labute approximate surface area is 287 Å². The smallest absolute Gasteiger partial charge is 0.0462 e. The standard InChI is InChI=1S/C48H33N/c1-3-9-34(10-4-1)35-15-17-36(18-16-35)37-23-28-44(29-24-37)49(43-12-5-2-6-13-43)45-30-25-38(26-31-45)41-27-32-47-42(33-41)22-21-40-20-19-39-11-7-8-14-46(39)48(40)47/h1-33H. The molecule has 0 aromatic heterocycles. The van der Waals surface area contributed by atoms with Crippen LogP contribution in [0, 0.1) is 0 Å². The number of hydrogen-bond donors (Lipinski definition) is 0. The maximum absolute atomic E-state index is 2.33. The summed E-state index contributed by atoms with van der Waals surface area (Å²) in [6.07, 6.45) is 0. The van der Waals surface area contributed by atoms with Crippen LogP contribution in [0.5, 0.6) is 0 Å². The lowest BCUT2D eigenvalue weighted by Crippen LogP contribution is -2.09. The van der Waals surface area contributed by atoms with Crippen LogP contribution >= 0.6 is 0 Å². The molecule has 0 spiro atoms. The van der Waals surface area contributed by atoms with E-state index in [0.717, 1.165) is 17.1 Å². The van der Waals surface area contributed by atoms with Gasteiger partial charge in [-0.15, -0.1) is 0 Å². The first-order valence-electron chi connectivity index (χ1n) is 16.8. The zero-order valence-corrected chi connectivity index (χ0v) is 27.0. The first-order chi connectivity index (χ1) is 24.3. The molecule has 0 bridgehead atoms. The van der Waals surface area contributed by atoms with Gasteiger partial charge in [0.05, 0.1) is 0 Å². The topological polar surface area (TPSA) is 3.24 Å². The van der Waals surface area contributed by atoms with E-state index in [4.69, 9.17) is 0 Å². The molecule has 230 valence electrons. The maximum atomic E-state index is 2.33. The molecule has 0 saturated heterocycles. The molecule has 0 radical (unpaired) electrons. The molecule has 0 N–H and O–H groups in total. The molecule has 49 heavy (non-hydrogen) atoms. The van der Waals surface area contributed by atoms with Gasteiger partial charge < -0.3 is 4.90 Å². The molecule has 0 aliphatic heterocycles. The molecule has 9 rings (SSSR count). The lowest BCUT2D eigenvalue weighted by molar-refractivity contribution is 1.28. The molecule has 0 fully saturated rings. The number of benzene rings is 9. The summed E-state index contributed by atoms with van der Waals surface area (Å²) in [5, 5.41) is 7.73. The van der Waals surface area contributed by atoms with Gasteiger partial charge in [-0.2, -0.15) is 0 Å². The highest BCUT2D eigenvalue weighted by atomic mass is 15.1. The Kier molecular flexibility index (Phi) is 7.22. The van der Waals surface area contributed by atoms with Crippen LogP contribution in [0.4, 0.5) is 17.1 Å². The highest BCUT2D eigenvalue weighted by Gasteiger charge is 2.14. The van der Waals surface area contributed by atoms with Gasteiger partial charge in [-0.05, 0) is 108 Å². The van der Waals surface area contributed by atoms with E-state index >= 15 is 0 Å². The van der Waals surface area contributed by atoms with Gasteiger partial charge in [0.2, 0.25) is 0 Å². The fraction of sp³-hybridized carbons (Fsp3) is 0. The van der Waals surface area contributed by atoms with Crippen LogP contribution in [0.15, 0.2) is 200 Å². The third-order valence-corrected chi connectivity index (χ3v) is 9.65. The SMILES string of the molecule is c1ccc(-c2ccc(-c3ccc(N(c4ccccc4)c4ccc(-c5ccc6c(ccc7ccc8ccccc8c76)c5)cc4)cc3)cc2)cc1. The number of fused-ring (bicyclic) bond motifs is 5. The summed E-state index contributed by atoms with van der Waals surface area (Å²) in [7, 11) is 0. The number of hydrogen-bond acceptors (Lipinski definition) is 1. The molecule has 0 unspecified atom stereocenters.